The number of halogens is 1. The zero-order valence-corrected chi connectivity index (χ0v) is 16.1. The predicted molar refractivity (Wildman–Crippen MR) is 107 cm³/mol. The molecule has 1 fully saturated rings. The van der Waals surface area contributed by atoms with Crippen LogP contribution in [-0.4, -0.2) is 68.1 Å². The number of anilines is 1. The normalized spacial score (nSPS) is 13.9. The van der Waals surface area contributed by atoms with E-state index in [-0.39, 0.29) is 24.3 Å². The van der Waals surface area contributed by atoms with Crippen molar-refractivity contribution in [2.45, 2.75) is 6.54 Å². The van der Waals surface area contributed by atoms with Crippen LogP contribution in [0, 0.1) is 5.82 Å². The SMILES string of the molecule is O=C(Cn1nnc(-c2cccc(F)c2)n1)N1CCN(C(=O)Nc2ccccc2)CC1. The second-order valence-electron chi connectivity index (χ2n) is 6.82. The van der Waals surface area contributed by atoms with E-state index in [1.165, 1.54) is 16.9 Å². The van der Waals surface area contributed by atoms with Crippen LogP contribution in [0.2, 0.25) is 0 Å². The highest BCUT2D eigenvalue weighted by Crippen LogP contribution is 2.14. The van der Waals surface area contributed by atoms with E-state index in [1.54, 1.807) is 21.9 Å². The summed E-state index contributed by atoms with van der Waals surface area (Å²) in [5, 5.41) is 14.8. The third-order valence-corrected chi connectivity index (χ3v) is 4.76. The van der Waals surface area contributed by atoms with E-state index in [9.17, 15) is 14.0 Å². The molecule has 0 aliphatic carbocycles. The molecule has 0 unspecified atom stereocenters. The van der Waals surface area contributed by atoms with Crippen LogP contribution in [0.1, 0.15) is 0 Å². The summed E-state index contributed by atoms with van der Waals surface area (Å²) in [7, 11) is 0. The Hall–Kier alpha value is -3.82. The Morgan fingerprint density at radius 3 is 2.43 bits per heavy atom. The largest absolute Gasteiger partial charge is 0.337 e. The molecule has 9 nitrogen and oxygen atoms in total. The number of urea groups is 1. The summed E-state index contributed by atoms with van der Waals surface area (Å²) in [5.41, 5.74) is 1.22. The van der Waals surface area contributed by atoms with Gasteiger partial charge in [0.1, 0.15) is 12.4 Å². The van der Waals surface area contributed by atoms with Crippen molar-refractivity contribution in [2.24, 2.45) is 0 Å². The summed E-state index contributed by atoms with van der Waals surface area (Å²) < 4.78 is 13.3. The lowest BCUT2D eigenvalue weighted by Gasteiger charge is -2.34. The van der Waals surface area contributed by atoms with Crippen molar-refractivity contribution >= 4 is 17.6 Å². The minimum absolute atomic E-state index is 0.0709. The van der Waals surface area contributed by atoms with Crippen molar-refractivity contribution in [3.05, 3.63) is 60.4 Å². The number of para-hydroxylation sites is 1. The van der Waals surface area contributed by atoms with Crippen LogP contribution in [0.15, 0.2) is 54.6 Å². The van der Waals surface area contributed by atoms with E-state index in [1.807, 2.05) is 30.3 Å². The van der Waals surface area contributed by atoms with Gasteiger partial charge in [-0.15, -0.1) is 10.2 Å². The zero-order valence-electron chi connectivity index (χ0n) is 16.1. The molecule has 4 rings (SSSR count). The van der Waals surface area contributed by atoms with E-state index in [0.29, 0.717) is 31.7 Å². The van der Waals surface area contributed by atoms with Crippen LogP contribution >= 0.6 is 0 Å². The molecule has 2 heterocycles. The monoisotopic (exact) mass is 409 g/mol. The van der Waals surface area contributed by atoms with Gasteiger partial charge in [0.15, 0.2) is 0 Å². The minimum atomic E-state index is -0.394. The van der Waals surface area contributed by atoms with Crippen molar-refractivity contribution in [3.8, 4) is 11.4 Å². The summed E-state index contributed by atoms with van der Waals surface area (Å²) in [6.45, 7) is 1.64. The number of amides is 3. The molecule has 0 saturated carbocycles. The summed E-state index contributed by atoms with van der Waals surface area (Å²) in [5.74, 6) is -0.305. The molecular formula is C20H20FN7O2. The van der Waals surface area contributed by atoms with Crippen LogP contribution in [0.4, 0.5) is 14.9 Å². The Morgan fingerprint density at radius 1 is 0.967 bits per heavy atom. The second-order valence-corrected chi connectivity index (χ2v) is 6.82. The zero-order chi connectivity index (χ0) is 20.9. The van der Waals surface area contributed by atoms with Crippen molar-refractivity contribution in [2.75, 3.05) is 31.5 Å². The van der Waals surface area contributed by atoms with Crippen molar-refractivity contribution in [1.82, 2.24) is 30.0 Å². The molecule has 1 aliphatic rings. The van der Waals surface area contributed by atoms with Crippen molar-refractivity contribution in [1.29, 1.82) is 0 Å². The highest BCUT2D eigenvalue weighted by molar-refractivity contribution is 5.89. The molecule has 154 valence electrons. The number of rotatable bonds is 4. The van der Waals surface area contributed by atoms with Crippen LogP contribution in [0.5, 0.6) is 0 Å². The Morgan fingerprint density at radius 2 is 1.70 bits per heavy atom. The number of hydrogen-bond acceptors (Lipinski definition) is 5. The van der Waals surface area contributed by atoms with Crippen LogP contribution < -0.4 is 5.32 Å². The van der Waals surface area contributed by atoms with Gasteiger partial charge < -0.3 is 15.1 Å². The third-order valence-electron chi connectivity index (χ3n) is 4.76. The van der Waals surface area contributed by atoms with Gasteiger partial charge in [0.2, 0.25) is 11.7 Å². The number of tetrazole rings is 1. The van der Waals surface area contributed by atoms with Crippen LogP contribution in [0.25, 0.3) is 11.4 Å². The third kappa shape index (κ3) is 4.59. The summed E-state index contributed by atoms with van der Waals surface area (Å²) in [6.07, 6.45) is 0. The topological polar surface area (TPSA) is 96.2 Å². The Bertz CT molecular complexity index is 1030. The van der Waals surface area contributed by atoms with Crippen molar-refractivity contribution < 1.29 is 14.0 Å². The number of nitrogens with zero attached hydrogens (tertiary/aromatic N) is 6. The Labute approximate surface area is 172 Å². The van der Waals surface area contributed by atoms with Gasteiger partial charge >= 0.3 is 6.03 Å². The molecule has 3 aromatic rings. The molecule has 1 aromatic heterocycles. The smallest absolute Gasteiger partial charge is 0.321 e. The highest BCUT2D eigenvalue weighted by atomic mass is 19.1. The second kappa shape index (κ2) is 8.68. The van der Waals surface area contributed by atoms with E-state index in [0.717, 1.165) is 5.69 Å². The van der Waals surface area contributed by atoms with Crippen LogP contribution in [-0.2, 0) is 11.3 Å². The first-order valence-electron chi connectivity index (χ1n) is 9.51. The number of aromatic nitrogens is 4. The number of nitrogens with one attached hydrogen (secondary N) is 1. The maximum absolute atomic E-state index is 13.3. The fraction of sp³-hybridized carbons (Fsp3) is 0.250. The van der Waals surface area contributed by atoms with E-state index in [4.69, 9.17) is 0 Å². The summed E-state index contributed by atoms with van der Waals surface area (Å²) in [6, 6.07) is 14.9. The lowest BCUT2D eigenvalue weighted by molar-refractivity contribution is -0.133. The summed E-state index contributed by atoms with van der Waals surface area (Å²) >= 11 is 0. The van der Waals surface area contributed by atoms with E-state index in [2.05, 4.69) is 20.7 Å². The molecule has 1 saturated heterocycles. The number of piperazine rings is 1. The first-order chi connectivity index (χ1) is 14.6. The van der Waals surface area contributed by atoms with Gasteiger partial charge in [-0.1, -0.05) is 30.3 Å². The molecule has 30 heavy (non-hydrogen) atoms. The van der Waals surface area contributed by atoms with Gasteiger partial charge in [-0.2, -0.15) is 4.80 Å². The molecule has 1 N–H and O–H groups in total. The minimum Gasteiger partial charge on any atom is -0.337 e. The van der Waals surface area contributed by atoms with Crippen molar-refractivity contribution in [3.63, 3.8) is 0 Å². The number of carbonyl (C=O) groups is 2. The quantitative estimate of drug-likeness (QED) is 0.710. The number of carbonyl (C=O) groups excluding carboxylic acids is 2. The maximum Gasteiger partial charge on any atom is 0.321 e. The molecule has 0 bridgehead atoms. The molecule has 0 atom stereocenters. The standard InChI is InChI=1S/C20H20FN7O2/c21-16-6-4-5-15(13-16)19-23-25-28(24-19)14-18(29)26-9-11-27(12-10-26)20(30)22-17-7-2-1-3-8-17/h1-8,13H,9-12,14H2,(H,22,30). The summed E-state index contributed by atoms with van der Waals surface area (Å²) in [4.78, 5) is 29.4. The fourth-order valence-corrected chi connectivity index (χ4v) is 3.16. The fourth-order valence-electron chi connectivity index (χ4n) is 3.16. The Balaban J connectivity index is 1.29. The van der Waals surface area contributed by atoms with Gasteiger partial charge in [0.25, 0.3) is 0 Å². The maximum atomic E-state index is 13.3. The number of hydrogen-bond donors (Lipinski definition) is 1. The van der Waals surface area contributed by atoms with E-state index >= 15 is 0 Å². The van der Waals surface area contributed by atoms with Gasteiger partial charge in [-0.05, 0) is 29.5 Å². The number of benzene rings is 2. The molecule has 10 heteroatoms. The highest BCUT2D eigenvalue weighted by Gasteiger charge is 2.25. The average molecular weight is 409 g/mol. The molecule has 3 amide bonds. The lowest BCUT2D eigenvalue weighted by atomic mass is 10.2. The average Bonchev–Trinajstić information content (AvgIpc) is 3.23. The molecule has 1 aliphatic heterocycles. The molecule has 2 aromatic carbocycles. The first kappa shape index (κ1) is 19.5. The van der Waals surface area contributed by atoms with Gasteiger partial charge in [-0.3, -0.25) is 4.79 Å². The Kier molecular flexibility index (Phi) is 5.64. The van der Waals surface area contributed by atoms with E-state index < -0.39 is 5.82 Å². The predicted octanol–water partition coefficient (Wildman–Crippen LogP) is 1.86. The molecular weight excluding hydrogens is 389 g/mol. The molecule has 0 radical (unpaired) electrons. The molecule has 0 spiro atoms. The van der Waals surface area contributed by atoms with Gasteiger partial charge in [0, 0.05) is 37.4 Å². The lowest BCUT2D eigenvalue weighted by Crippen LogP contribution is -2.52. The van der Waals surface area contributed by atoms with Gasteiger partial charge in [0.05, 0.1) is 0 Å². The first-order valence-corrected chi connectivity index (χ1v) is 9.51. The van der Waals surface area contributed by atoms with Crippen LogP contribution in [0.3, 0.4) is 0 Å². The van der Waals surface area contributed by atoms with Gasteiger partial charge in [-0.25, -0.2) is 9.18 Å².